The third-order valence-electron chi connectivity index (χ3n) is 3.41. The summed E-state index contributed by atoms with van der Waals surface area (Å²) in [6.07, 6.45) is 2.25. The molecule has 23 heavy (non-hydrogen) atoms. The van der Waals surface area contributed by atoms with Crippen molar-refractivity contribution in [2.75, 3.05) is 32.6 Å². The fourth-order valence-corrected chi connectivity index (χ4v) is 2.15. The number of nitrogens with one attached hydrogen (secondary N) is 2. The van der Waals surface area contributed by atoms with Gasteiger partial charge in [0.1, 0.15) is 12.1 Å². The lowest BCUT2D eigenvalue weighted by molar-refractivity contribution is -0.127. The van der Waals surface area contributed by atoms with Crippen molar-refractivity contribution in [2.24, 2.45) is 0 Å². The van der Waals surface area contributed by atoms with Gasteiger partial charge < -0.3 is 20.1 Å². The van der Waals surface area contributed by atoms with Crippen molar-refractivity contribution in [1.82, 2.24) is 15.3 Å². The van der Waals surface area contributed by atoms with E-state index in [-0.39, 0.29) is 5.91 Å². The summed E-state index contributed by atoms with van der Waals surface area (Å²) in [7, 11) is 3.08. The highest BCUT2D eigenvalue weighted by Gasteiger charge is 2.08. The molecule has 1 aromatic carbocycles. The number of amides is 1. The van der Waals surface area contributed by atoms with E-state index in [2.05, 4.69) is 20.6 Å². The van der Waals surface area contributed by atoms with Crippen LogP contribution >= 0.6 is 0 Å². The molecular formula is C16H22N4O3. The fraction of sp³-hybridized carbons (Fsp3) is 0.438. The third-order valence-corrected chi connectivity index (χ3v) is 3.41. The van der Waals surface area contributed by atoms with Gasteiger partial charge in [-0.2, -0.15) is 0 Å². The molecule has 0 spiro atoms. The van der Waals surface area contributed by atoms with E-state index in [1.165, 1.54) is 20.5 Å². The highest BCUT2D eigenvalue weighted by molar-refractivity contribution is 5.88. The minimum atomic E-state index is -0.413. The van der Waals surface area contributed by atoms with Crippen molar-refractivity contribution in [3.8, 4) is 0 Å². The number of para-hydroxylation sites is 1. The van der Waals surface area contributed by atoms with Gasteiger partial charge in [-0.05, 0) is 18.6 Å². The van der Waals surface area contributed by atoms with Crippen molar-refractivity contribution < 1.29 is 14.3 Å². The lowest BCUT2D eigenvalue weighted by Gasteiger charge is -2.14. The second kappa shape index (κ2) is 9.02. The maximum Gasteiger partial charge on any atom is 0.220 e. The van der Waals surface area contributed by atoms with Crippen LogP contribution in [0.4, 0.5) is 5.82 Å². The number of ether oxygens (including phenoxy) is 2. The molecular weight excluding hydrogens is 296 g/mol. The standard InChI is InChI=1S/C16H22N4O3/c1-22-15(23-2)10-18-14(21)8-5-9-17-16-12-6-3-4-7-13(12)19-11-20-16/h3-4,6-7,11,15H,5,8-10H2,1-2H3,(H,18,21)(H,17,19,20). The van der Waals surface area contributed by atoms with Crippen LogP contribution in [0.15, 0.2) is 30.6 Å². The molecule has 0 aliphatic heterocycles. The van der Waals surface area contributed by atoms with E-state index in [0.29, 0.717) is 25.9 Å². The van der Waals surface area contributed by atoms with E-state index in [1.807, 2.05) is 24.3 Å². The average molecular weight is 318 g/mol. The van der Waals surface area contributed by atoms with Crippen LogP contribution in [-0.2, 0) is 14.3 Å². The minimum absolute atomic E-state index is 0.0292. The second-order valence-electron chi connectivity index (χ2n) is 4.97. The van der Waals surface area contributed by atoms with Gasteiger partial charge in [0.05, 0.1) is 12.1 Å². The van der Waals surface area contributed by atoms with Gasteiger partial charge in [-0.1, -0.05) is 12.1 Å². The quantitative estimate of drug-likeness (QED) is 0.539. The Morgan fingerprint density at radius 3 is 2.78 bits per heavy atom. The monoisotopic (exact) mass is 318 g/mol. The number of hydrogen-bond donors (Lipinski definition) is 2. The molecule has 1 amide bonds. The van der Waals surface area contributed by atoms with Crippen molar-refractivity contribution in [2.45, 2.75) is 19.1 Å². The summed E-state index contributed by atoms with van der Waals surface area (Å²) in [6, 6.07) is 7.81. The van der Waals surface area contributed by atoms with Gasteiger partial charge in [-0.3, -0.25) is 4.79 Å². The third kappa shape index (κ3) is 5.15. The molecule has 2 rings (SSSR count). The Morgan fingerprint density at radius 2 is 2.00 bits per heavy atom. The van der Waals surface area contributed by atoms with E-state index in [1.54, 1.807) is 0 Å². The van der Waals surface area contributed by atoms with Crippen LogP contribution in [0.1, 0.15) is 12.8 Å². The number of carbonyl (C=O) groups excluding carboxylic acids is 1. The van der Waals surface area contributed by atoms with E-state index in [0.717, 1.165) is 16.7 Å². The summed E-state index contributed by atoms with van der Waals surface area (Å²) in [5.74, 6) is 0.758. The van der Waals surface area contributed by atoms with Crippen LogP contribution in [0.5, 0.6) is 0 Å². The maximum atomic E-state index is 11.7. The number of rotatable bonds is 9. The molecule has 0 bridgehead atoms. The summed E-state index contributed by atoms with van der Waals surface area (Å²) in [5.41, 5.74) is 0.896. The number of hydrogen-bond acceptors (Lipinski definition) is 6. The van der Waals surface area contributed by atoms with Gasteiger partial charge in [0.15, 0.2) is 6.29 Å². The van der Waals surface area contributed by atoms with Gasteiger partial charge in [0.25, 0.3) is 0 Å². The topological polar surface area (TPSA) is 85.4 Å². The van der Waals surface area contributed by atoms with Gasteiger partial charge in [-0.25, -0.2) is 9.97 Å². The first kappa shape index (κ1) is 17.1. The number of benzene rings is 1. The highest BCUT2D eigenvalue weighted by atomic mass is 16.7. The van der Waals surface area contributed by atoms with Crippen LogP contribution in [0, 0.1) is 0 Å². The first-order valence-electron chi connectivity index (χ1n) is 7.50. The normalized spacial score (nSPS) is 10.9. The van der Waals surface area contributed by atoms with E-state index in [9.17, 15) is 4.79 Å². The summed E-state index contributed by atoms with van der Waals surface area (Å²) in [6.45, 7) is 1.00. The van der Waals surface area contributed by atoms with E-state index < -0.39 is 6.29 Å². The lowest BCUT2D eigenvalue weighted by Crippen LogP contribution is -2.34. The number of aromatic nitrogens is 2. The number of methoxy groups -OCH3 is 2. The zero-order valence-electron chi connectivity index (χ0n) is 13.4. The van der Waals surface area contributed by atoms with Crippen LogP contribution in [0.25, 0.3) is 10.9 Å². The largest absolute Gasteiger partial charge is 0.369 e. The van der Waals surface area contributed by atoms with Crippen LogP contribution in [-0.4, -0.2) is 49.5 Å². The zero-order valence-corrected chi connectivity index (χ0v) is 13.4. The molecule has 7 nitrogen and oxygen atoms in total. The number of carbonyl (C=O) groups is 1. The van der Waals surface area contributed by atoms with Crippen LogP contribution < -0.4 is 10.6 Å². The SMILES string of the molecule is COC(CNC(=O)CCCNc1ncnc2ccccc12)OC. The number of anilines is 1. The molecule has 0 aliphatic carbocycles. The van der Waals surface area contributed by atoms with Crippen molar-refractivity contribution in [3.05, 3.63) is 30.6 Å². The average Bonchev–Trinajstić information content (AvgIpc) is 2.59. The molecule has 0 saturated carbocycles. The maximum absolute atomic E-state index is 11.7. The van der Waals surface area contributed by atoms with Crippen LogP contribution in [0.3, 0.4) is 0 Å². The molecule has 2 aromatic rings. The first-order valence-corrected chi connectivity index (χ1v) is 7.50. The Morgan fingerprint density at radius 1 is 1.22 bits per heavy atom. The Bertz CT molecular complexity index is 626. The molecule has 0 saturated heterocycles. The fourth-order valence-electron chi connectivity index (χ4n) is 2.15. The molecule has 124 valence electrons. The van der Waals surface area contributed by atoms with E-state index >= 15 is 0 Å². The number of nitrogens with zero attached hydrogens (tertiary/aromatic N) is 2. The zero-order chi connectivity index (χ0) is 16.5. The molecule has 0 fully saturated rings. The summed E-state index contributed by atoms with van der Waals surface area (Å²) >= 11 is 0. The Labute approximate surface area is 135 Å². The summed E-state index contributed by atoms with van der Waals surface area (Å²) in [4.78, 5) is 20.2. The first-order chi connectivity index (χ1) is 11.2. The molecule has 1 heterocycles. The van der Waals surface area contributed by atoms with E-state index in [4.69, 9.17) is 9.47 Å². The molecule has 7 heteroatoms. The van der Waals surface area contributed by atoms with Crippen molar-refractivity contribution >= 4 is 22.6 Å². The Balaban J connectivity index is 1.73. The van der Waals surface area contributed by atoms with Crippen LogP contribution in [0.2, 0.25) is 0 Å². The molecule has 0 atom stereocenters. The Hall–Kier alpha value is -2.25. The predicted molar refractivity (Wildman–Crippen MR) is 88.1 cm³/mol. The summed E-state index contributed by atoms with van der Waals surface area (Å²) < 4.78 is 10.0. The van der Waals surface area contributed by atoms with Gasteiger partial charge in [0, 0.05) is 32.6 Å². The molecule has 0 aliphatic rings. The van der Waals surface area contributed by atoms with Gasteiger partial charge in [-0.15, -0.1) is 0 Å². The van der Waals surface area contributed by atoms with Crippen molar-refractivity contribution in [1.29, 1.82) is 0 Å². The van der Waals surface area contributed by atoms with Gasteiger partial charge >= 0.3 is 0 Å². The molecule has 0 unspecified atom stereocenters. The molecule has 0 radical (unpaired) electrons. The minimum Gasteiger partial charge on any atom is -0.369 e. The predicted octanol–water partition coefficient (Wildman–Crippen LogP) is 1.56. The second-order valence-corrected chi connectivity index (χ2v) is 4.97. The molecule has 1 aromatic heterocycles. The Kier molecular flexibility index (Phi) is 6.71. The van der Waals surface area contributed by atoms with Gasteiger partial charge in [0.2, 0.25) is 5.91 Å². The van der Waals surface area contributed by atoms with Crippen molar-refractivity contribution in [3.63, 3.8) is 0 Å². The smallest absolute Gasteiger partial charge is 0.220 e. The lowest BCUT2D eigenvalue weighted by atomic mass is 10.2. The summed E-state index contributed by atoms with van der Waals surface area (Å²) in [5, 5.41) is 6.99. The molecule has 2 N–H and O–H groups in total. The highest BCUT2D eigenvalue weighted by Crippen LogP contribution is 2.18. The number of fused-ring (bicyclic) bond motifs is 1.